The third kappa shape index (κ3) is 9.69. The van der Waals surface area contributed by atoms with Crippen LogP contribution in [0.1, 0.15) is 117 Å². The predicted molar refractivity (Wildman–Crippen MR) is 124 cm³/mol. The third-order valence-corrected chi connectivity index (χ3v) is 6.60. The predicted octanol–water partition coefficient (Wildman–Crippen LogP) is 7.00. The molecule has 28 heavy (non-hydrogen) atoms. The van der Waals surface area contributed by atoms with Gasteiger partial charge in [-0.25, -0.2) is 4.99 Å². The minimum atomic E-state index is -0.313. The number of rotatable bonds is 18. The monoisotopic (exact) mass is 393 g/mol. The molecule has 0 saturated heterocycles. The summed E-state index contributed by atoms with van der Waals surface area (Å²) < 4.78 is 0.741. The van der Waals surface area contributed by atoms with Crippen LogP contribution in [0.25, 0.3) is 0 Å². The van der Waals surface area contributed by atoms with Crippen molar-refractivity contribution in [3.8, 4) is 0 Å². The molecule has 3 atom stereocenters. The Bertz CT molecular complexity index is 419. The Kier molecular flexibility index (Phi) is 14.6. The molecule has 0 fully saturated rings. The maximum absolute atomic E-state index is 10.2. The maximum Gasteiger partial charge on any atom is 0.189 e. The van der Waals surface area contributed by atoms with Gasteiger partial charge in [0.15, 0.2) is 12.4 Å². The Morgan fingerprint density at radius 3 is 1.96 bits per heavy atom. The molecular formula is C25H49N2O+. The molecule has 0 amide bonds. The topological polar surface area (TPSA) is 32.6 Å². The summed E-state index contributed by atoms with van der Waals surface area (Å²) >= 11 is 0. The largest absolute Gasteiger partial charge is 0.345 e. The van der Waals surface area contributed by atoms with Gasteiger partial charge in [0.25, 0.3) is 0 Å². The van der Waals surface area contributed by atoms with E-state index in [0.717, 1.165) is 24.0 Å². The van der Waals surface area contributed by atoms with E-state index in [1.54, 1.807) is 0 Å². The van der Waals surface area contributed by atoms with Crippen LogP contribution in [0.15, 0.2) is 17.1 Å². The third-order valence-electron chi connectivity index (χ3n) is 6.60. The number of quaternary nitrogens is 1. The smallest absolute Gasteiger partial charge is 0.189 e. The highest BCUT2D eigenvalue weighted by Gasteiger charge is 2.41. The molecule has 3 nitrogen and oxygen atoms in total. The number of aliphatic hydroxyl groups is 1. The molecule has 0 aromatic carbocycles. The molecule has 1 N–H and O–H groups in total. The van der Waals surface area contributed by atoms with Crippen molar-refractivity contribution in [2.24, 2.45) is 4.99 Å². The van der Waals surface area contributed by atoms with Gasteiger partial charge < -0.3 is 5.11 Å². The number of aliphatic hydroxyl groups excluding tert-OH is 1. The summed E-state index contributed by atoms with van der Waals surface area (Å²) in [5.74, 6) is 0. The lowest BCUT2D eigenvalue weighted by molar-refractivity contribution is -0.976. The van der Waals surface area contributed by atoms with Crippen molar-refractivity contribution in [1.82, 2.24) is 0 Å². The lowest BCUT2D eigenvalue weighted by Crippen LogP contribution is -2.57. The molecule has 3 unspecified atom stereocenters. The molecule has 0 aromatic heterocycles. The van der Waals surface area contributed by atoms with E-state index in [9.17, 15) is 5.11 Å². The average molecular weight is 394 g/mol. The molecule has 0 spiro atoms. The van der Waals surface area contributed by atoms with Crippen molar-refractivity contribution < 1.29 is 9.59 Å². The van der Waals surface area contributed by atoms with E-state index >= 15 is 0 Å². The van der Waals surface area contributed by atoms with Crippen molar-refractivity contribution >= 4 is 6.21 Å². The maximum atomic E-state index is 10.2. The van der Waals surface area contributed by atoms with Crippen molar-refractivity contribution in [3.63, 3.8) is 0 Å². The highest BCUT2D eigenvalue weighted by Crippen LogP contribution is 2.26. The highest BCUT2D eigenvalue weighted by molar-refractivity contribution is 5.60. The Balaban J connectivity index is 1.92. The zero-order valence-corrected chi connectivity index (χ0v) is 19.2. The minimum Gasteiger partial charge on any atom is -0.345 e. The highest BCUT2D eigenvalue weighted by atomic mass is 16.3. The Labute approximate surface area is 175 Å². The van der Waals surface area contributed by atoms with E-state index in [2.05, 4.69) is 31.0 Å². The minimum absolute atomic E-state index is 0.279. The fraction of sp³-hybridized carbons (Fsp3) is 0.880. The Morgan fingerprint density at radius 1 is 0.893 bits per heavy atom. The molecule has 1 aliphatic heterocycles. The van der Waals surface area contributed by atoms with Gasteiger partial charge >= 0.3 is 0 Å². The first-order valence-electron chi connectivity index (χ1n) is 12.4. The van der Waals surface area contributed by atoms with E-state index in [-0.39, 0.29) is 12.4 Å². The second kappa shape index (κ2) is 16.2. The first-order valence-corrected chi connectivity index (χ1v) is 12.4. The van der Waals surface area contributed by atoms with Crippen molar-refractivity contribution in [2.45, 2.75) is 129 Å². The lowest BCUT2D eigenvalue weighted by Gasteiger charge is -2.40. The molecule has 1 aliphatic rings. The van der Waals surface area contributed by atoms with Crippen LogP contribution < -0.4 is 0 Å². The zero-order chi connectivity index (χ0) is 20.5. The van der Waals surface area contributed by atoms with Gasteiger partial charge in [0.1, 0.15) is 6.54 Å². The summed E-state index contributed by atoms with van der Waals surface area (Å²) in [5, 5.41) is 10.2. The van der Waals surface area contributed by atoms with Gasteiger partial charge in [-0.3, -0.25) is 4.48 Å². The quantitative estimate of drug-likeness (QED) is 0.152. The van der Waals surface area contributed by atoms with Crippen LogP contribution in [0.3, 0.4) is 0 Å². The molecule has 1 heterocycles. The van der Waals surface area contributed by atoms with Crippen LogP contribution in [0.4, 0.5) is 0 Å². The lowest BCUT2D eigenvalue weighted by atomic mass is 10.1. The fourth-order valence-corrected chi connectivity index (χ4v) is 4.49. The molecule has 0 radical (unpaired) electrons. The van der Waals surface area contributed by atoms with Gasteiger partial charge in [-0.2, -0.15) is 0 Å². The number of aliphatic imine (C=N–C) groups is 1. The molecule has 0 aliphatic carbocycles. The number of allylic oxidation sites excluding steroid dienone is 2. The second-order valence-corrected chi connectivity index (χ2v) is 8.77. The van der Waals surface area contributed by atoms with Crippen LogP contribution in [0.2, 0.25) is 0 Å². The SMILES string of the molecule is CCCCCCCC/C=C/CCCCCCCCC1N=CC[N+]1(CC)C(C)O. The first kappa shape index (κ1) is 25.4. The van der Waals surface area contributed by atoms with E-state index in [4.69, 9.17) is 0 Å². The molecule has 164 valence electrons. The van der Waals surface area contributed by atoms with Gasteiger partial charge in [-0.1, -0.05) is 76.9 Å². The second-order valence-electron chi connectivity index (χ2n) is 8.77. The van der Waals surface area contributed by atoms with Crippen molar-refractivity contribution in [2.75, 3.05) is 13.1 Å². The molecule has 3 heteroatoms. The number of hydrogen-bond donors (Lipinski definition) is 1. The Morgan fingerprint density at radius 2 is 1.43 bits per heavy atom. The van der Waals surface area contributed by atoms with Crippen LogP contribution in [0.5, 0.6) is 0 Å². The summed E-state index contributed by atoms with van der Waals surface area (Å²) in [7, 11) is 0. The van der Waals surface area contributed by atoms with Crippen LogP contribution in [-0.2, 0) is 0 Å². The van der Waals surface area contributed by atoms with Crippen LogP contribution in [-0.4, -0.2) is 41.3 Å². The number of nitrogens with zero attached hydrogens (tertiary/aromatic N) is 2. The standard InChI is InChI=1S/C25H49N2O/c1-4-6-7-8-9-10-11-12-13-14-15-16-17-18-19-20-21-25-26-22-23-27(25,5-2)24(3)28/h12-13,22,24-25,28H,4-11,14-21,23H2,1-3H3/q+1/b13-12+. The van der Waals surface area contributed by atoms with E-state index in [1.165, 1.54) is 89.9 Å². The van der Waals surface area contributed by atoms with Gasteiger partial charge in [0.05, 0.1) is 12.8 Å². The van der Waals surface area contributed by atoms with Gasteiger partial charge in [-0.05, 0) is 39.0 Å². The summed E-state index contributed by atoms with van der Waals surface area (Å²) in [6, 6.07) is 0. The van der Waals surface area contributed by atoms with Gasteiger partial charge in [0.2, 0.25) is 0 Å². The molecular weight excluding hydrogens is 344 g/mol. The Hall–Kier alpha value is -0.670. The summed E-state index contributed by atoms with van der Waals surface area (Å²) in [6.45, 7) is 8.24. The molecule has 0 saturated carbocycles. The first-order chi connectivity index (χ1) is 13.7. The summed E-state index contributed by atoms with van der Waals surface area (Å²) in [6.07, 6.45) is 26.8. The van der Waals surface area contributed by atoms with E-state index in [0.29, 0.717) is 0 Å². The van der Waals surface area contributed by atoms with Crippen LogP contribution >= 0.6 is 0 Å². The number of hydrogen-bond acceptors (Lipinski definition) is 2. The number of unbranched alkanes of at least 4 members (excludes halogenated alkanes) is 12. The van der Waals surface area contributed by atoms with E-state index in [1.807, 2.05) is 13.1 Å². The summed E-state index contributed by atoms with van der Waals surface area (Å²) in [5.41, 5.74) is 0. The average Bonchev–Trinajstić information content (AvgIpc) is 3.12. The van der Waals surface area contributed by atoms with Gasteiger partial charge in [0, 0.05) is 13.3 Å². The van der Waals surface area contributed by atoms with Crippen molar-refractivity contribution in [1.29, 1.82) is 0 Å². The van der Waals surface area contributed by atoms with Gasteiger partial charge in [-0.15, -0.1) is 0 Å². The summed E-state index contributed by atoms with van der Waals surface area (Å²) in [4.78, 5) is 4.67. The molecule has 0 aromatic rings. The molecule has 0 bridgehead atoms. The van der Waals surface area contributed by atoms with E-state index < -0.39 is 0 Å². The molecule has 1 rings (SSSR count). The fourth-order valence-electron chi connectivity index (χ4n) is 4.49. The van der Waals surface area contributed by atoms with Crippen LogP contribution in [0, 0.1) is 0 Å². The van der Waals surface area contributed by atoms with Crippen molar-refractivity contribution in [3.05, 3.63) is 12.2 Å². The zero-order valence-electron chi connectivity index (χ0n) is 19.2. The normalized spacial score (nSPS) is 23.1.